The Morgan fingerprint density at radius 2 is 2.00 bits per heavy atom. The third-order valence-electron chi connectivity index (χ3n) is 5.65. The average molecular weight is 438 g/mol. The lowest BCUT2D eigenvalue weighted by atomic mass is 10.1. The maximum Gasteiger partial charge on any atom is 0.166 e. The lowest BCUT2D eigenvalue weighted by Crippen LogP contribution is -2.38. The molecule has 1 unspecified atom stereocenters. The molecule has 1 fully saturated rings. The summed E-state index contributed by atoms with van der Waals surface area (Å²) in [5.74, 6) is 1.92. The summed E-state index contributed by atoms with van der Waals surface area (Å²) in [6.45, 7) is 7.43. The van der Waals surface area contributed by atoms with Gasteiger partial charge in [-0.2, -0.15) is 0 Å². The number of nitrogens with two attached hydrogens (primary N) is 1. The van der Waals surface area contributed by atoms with Crippen LogP contribution in [0.25, 0.3) is 22.3 Å². The summed E-state index contributed by atoms with van der Waals surface area (Å²) in [5, 5.41) is 14.8. The summed E-state index contributed by atoms with van der Waals surface area (Å²) in [6.07, 6.45) is 0.869. The van der Waals surface area contributed by atoms with E-state index in [1.807, 2.05) is 24.3 Å². The van der Waals surface area contributed by atoms with Crippen LogP contribution in [0.15, 0.2) is 42.5 Å². The number of phenols is 1. The lowest BCUT2D eigenvalue weighted by molar-refractivity contribution is 0.0322. The van der Waals surface area contributed by atoms with Gasteiger partial charge in [-0.15, -0.1) is 0 Å². The zero-order valence-electron chi connectivity index (χ0n) is 18.5. The molecule has 4 rings (SSSR count). The molecule has 0 bridgehead atoms. The van der Waals surface area contributed by atoms with Gasteiger partial charge in [-0.05, 0) is 36.8 Å². The second-order valence-electron chi connectivity index (χ2n) is 7.94. The number of benzene rings is 2. The summed E-state index contributed by atoms with van der Waals surface area (Å²) < 4.78 is 11.3. The van der Waals surface area contributed by atoms with Gasteiger partial charge in [-0.1, -0.05) is 19.1 Å². The highest BCUT2D eigenvalue weighted by Crippen LogP contribution is 2.33. The van der Waals surface area contributed by atoms with Crippen molar-refractivity contribution >= 4 is 16.7 Å². The monoisotopic (exact) mass is 437 g/mol. The van der Waals surface area contributed by atoms with Crippen LogP contribution < -0.4 is 15.8 Å². The van der Waals surface area contributed by atoms with Gasteiger partial charge in [0.2, 0.25) is 0 Å². The van der Waals surface area contributed by atoms with Crippen LogP contribution in [0.4, 0.5) is 5.82 Å². The van der Waals surface area contributed by atoms with Gasteiger partial charge < -0.3 is 25.6 Å². The minimum atomic E-state index is 0.0313. The number of ether oxygens (including phenoxy) is 2. The van der Waals surface area contributed by atoms with Gasteiger partial charge in [0, 0.05) is 37.6 Å². The van der Waals surface area contributed by atoms with E-state index >= 15 is 0 Å². The van der Waals surface area contributed by atoms with Gasteiger partial charge in [-0.3, -0.25) is 4.90 Å². The Morgan fingerprint density at radius 3 is 2.81 bits per heavy atom. The van der Waals surface area contributed by atoms with Gasteiger partial charge in [0.1, 0.15) is 23.9 Å². The Hall–Kier alpha value is -2.94. The topological polar surface area (TPSA) is 106 Å². The summed E-state index contributed by atoms with van der Waals surface area (Å²) in [6, 6.07) is 13.0. The largest absolute Gasteiger partial charge is 0.507 e. The van der Waals surface area contributed by atoms with Gasteiger partial charge in [0.25, 0.3) is 0 Å². The third kappa shape index (κ3) is 5.45. The minimum absolute atomic E-state index is 0.0313. The molecular formula is C24H31N5O3. The number of morpholine rings is 1. The smallest absolute Gasteiger partial charge is 0.166 e. The van der Waals surface area contributed by atoms with Crippen LogP contribution in [0.5, 0.6) is 11.5 Å². The number of para-hydroxylation sites is 1. The molecule has 0 radical (unpaired) electrons. The SMILES string of the molecule is CCC(N)CNc1nc(-c2cc(OCCN3CCOCC3)ccc2O)nc2ccccc12. The predicted molar refractivity (Wildman–Crippen MR) is 126 cm³/mol. The van der Waals surface area contributed by atoms with E-state index < -0.39 is 0 Å². The zero-order valence-corrected chi connectivity index (χ0v) is 18.5. The standard InChI is InChI=1S/C24H31N5O3/c1-2-17(25)16-26-23-19-5-3-4-6-21(19)27-24(28-23)20-15-18(7-8-22(20)30)32-14-11-29-9-12-31-13-10-29/h3-8,15,17,30H,2,9-14,16,25H2,1H3,(H,26,27,28). The number of aromatic hydroxyl groups is 1. The molecular weight excluding hydrogens is 406 g/mol. The summed E-state index contributed by atoms with van der Waals surface area (Å²) in [7, 11) is 0. The second kappa shape index (κ2) is 10.6. The van der Waals surface area contributed by atoms with E-state index in [2.05, 4.69) is 22.1 Å². The van der Waals surface area contributed by atoms with Gasteiger partial charge >= 0.3 is 0 Å². The van der Waals surface area contributed by atoms with E-state index in [0.29, 0.717) is 36.1 Å². The van der Waals surface area contributed by atoms with Crippen molar-refractivity contribution in [2.75, 3.05) is 51.3 Å². The average Bonchev–Trinajstić information content (AvgIpc) is 2.83. The van der Waals surface area contributed by atoms with Crippen molar-refractivity contribution < 1.29 is 14.6 Å². The maximum atomic E-state index is 10.5. The molecule has 2 aromatic carbocycles. The first-order chi connectivity index (χ1) is 15.6. The molecule has 0 spiro atoms. The van der Waals surface area contributed by atoms with Crippen molar-refractivity contribution in [2.24, 2.45) is 5.73 Å². The van der Waals surface area contributed by atoms with Gasteiger partial charge in [0.15, 0.2) is 5.82 Å². The Bertz CT molecular complexity index is 1040. The van der Waals surface area contributed by atoms with E-state index in [0.717, 1.165) is 50.2 Å². The van der Waals surface area contributed by atoms with Crippen LogP contribution in [-0.2, 0) is 4.74 Å². The van der Waals surface area contributed by atoms with Crippen LogP contribution in [-0.4, -0.2) is 72.0 Å². The molecule has 1 atom stereocenters. The van der Waals surface area contributed by atoms with E-state index in [-0.39, 0.29) is 11.8 Å². The third-order valence-corrected chi connectivity index (χ3v) is 5.65. The van der Waals surface area contributed by atoms with Crippen LogP contribution >= 0.6 is 0 Å². The number of aromatic nitrogens is 2. The molecule has 1 aliphatic rings. The van der Waals surface area contributed by atoms with Crippen molar-refractivity contribution in [1.29, 1.82) is 0 Å². The number of hydrogen-bond donors (Lipinski definition) is 3. The minimum Gasteiger partial charge on any atom is -0.507 e. The molecule has 0 aliphatic carbocycles. The summed E-state index contributed by atoms with van der Waals surface area (Å²) in [5.41, 5.74) is 7.41. The first-order valence-electron chi connectivity index (χ1n) is 11.2. The molecule has 170 valence electrons. The zero-order chi connectivity index (χ0) is 22.3. The van der Waals surface area contributed by atoms with Crippen molar-refractivity contribution in [3.63, 3.8) is 0 Å². The molecule has 1 aliphatic heterocycles. The molecule has 8 heteroatoms. The summed E-state index contributed by atoms with van der Waals surface area (Å²) in [4.78, 5) is 11.7. The molecule has 1 saturated heterocycles. The highest BCUT2D eigenvalue weighted by molar-refractivity contribution is 5.91. The quantitative estimate of drug-likeness (QED) is 0.469. The Morgan fingerprint density at radius 1 is 1.19 bits per heavy atom. The lowest BCUT2D eigenvalue weighted by Gasteiger charge is -2.26. The number of anilines is 1. The number of nitrogens with zero attached hydrogens (tertiary/aromatic N) is 3. The molecule has 3 aromatic rings. The maximum absolute atomic E-state index is 10.5. The van der Waals surface area contributed by atoms with Crippen LogP contribution in [0.2, 0.25) is 0 Å². The molecule has 0 amide bonds. The number of nitrogens with one attached hydrogen (secondary N) is 1. The van der Waals surface area contributed by atoms with Crippen molar-refractivity contribution in [3.8, 4) is 22.9 Å². The fraction of sp³-hybridized carbons (Fsp3) is 0.417. The second-order valence-corrected chi connectivity index (χ2v) is 7.94. The molecule has 32 heavy (non-hydrogen) atoms. The van der Waals surface area contributed by atoms with E-state index in [1.54, 1.807) is 18.2 Å². The fourth-order valence-corrected chi connectivity index (χ4v) is 3.61. The van der Waals surface area contributed by atoms with Gasteiger partial charge in [-0.25, -0.2) is 9.97 Å². The first-order valence-corrected chi connectivity index (χ1v) is 11.2. The number of rotatable bonds is 9. The highest BCUT2D eigenvalue weighted by atomic mass is 16.5. The van der Waals surface area contributed by atoms with E-state index in [9.17, 15) is 5.11 Å². The molecule has 1 aromatic heterocycles. The molecule has 4 N–H and O–H groups in total. The first kappa shape index (κ1) is 22.3. The van der Waals surface area contributed by atoms with Crippen LogP contribution in [0.1, 0.15) is 13.3 Å². The number of fused-ring (bicyclic) bond motifs is 1. The Kier molecular flexibility index (Phi) is 7.36. The normalized spacial score (nSPS) is 15.6. The van der Waals surface area contributed by atoms with Crippen LogP contribution in [0.3, 0.4) is 0 Å². The van der Waals surface area contributed by atoms with Gasteiger partial charge in [0.05, 0.1) is 24.3 Å². The van der Waals surface area contributed by atoms with Crippen molar-refractivity contribution in [1.82, 2.24) is 14.9 Å². The van der Waals surface area contributed by atoms with Crippen molar-refractivity contribution in [2.45, 2.75) is 19.4 Å². The molecule has 2 heterocycles. The van der Waals surface area contributed by atoms with Crippen LogP contribution in [0, 0.1) is 0 Å². The number of phenolic OH excluding ortho intramolecular Hbond substituents is 1. The Labute approximate surface area is 188 Å². The molecule has 0 saturated carbocycles. The number of hydrogen-bond acceptors (Lipinski definition) is 8. The fourth-order valence-electron chi connectivity index (χ4n) is 3.61. The van der Waals surface area contributed by atoms with E-state index in [1.165, 1.54) is 0 Å². The Balaban J connectivity index is 1.56. The van der Waals surface area contributed by atoms with E-state index in [4.69, 9.17) is 20.2 Å². The highest BCUT2D eigenvalue weighted by Gasteiger charge is 2.15. The summed E-state index contributed by atoms with van der Waals surface area (Å²) >= 11 is 0. The predicted octanol–water partition coefficient (Wildman–Crippen LogP) is 2.86. The molecule has 8 nitrogen and oxygen atoms in total. The van der Waals surface area contributed by atoms with Crippen molar-refractivity contribution in [3.05, 3.63) is 42.5 Å².